The first-order valence-electron chi connectivity index (χ1n) is 1.79. The van der Waals surface area contributed by atoms with Crippen LogP contribution < -0.4 is 0 Å². The van der Waals surface area contributed by atoms with Gasteiger partial charge < -0.3 is 20.9 Å². The predicted molar refractivity (Wildman–Crippen MR) is 33.1 cm³/mol. The molecule has 0 aliphatic carbocycles. The zero-order valence-electron chi connectivity index (χ0n) is 5.89. The first kappa shape index (κ1) is 24.9. The summed E-state index contributed by atoms with van der Waals surface area (Å²) < 4.78 is 1.00. The minimum Gasteiger partial charge on any atom is -0.870 e. The van der Waals surface area contributed by atoms with Crippen molar-refractivity contribution in [3.8, 4) is 0 Å². The van der Waals surface area contributed by atoms with Crippen LogP contribution in [-0.4, -0.2) is 49.1 Å². The summed E-state index contributed by atoms with van der Waals surface area (Å²) in [5.74, 6) is 0. The fraction of sp³-hybridized carbons (Fsp3) is 1.00. The van der Waals surface area contributed by atoms with Gasteiger partial charge in [-0.05, 0) is 0 Å². The van der Waals surface area contributed by atoms with Gasteiger partial charge in [0.15, 0.2) is 0 Å². The molecule has 0 radical (unpaired) electrons. The lowest BCUT2D eigenvalue weighted by Gasteiger charge is -2.14. The number of nitrogens with zero attached hydrogens (tertiary/aromatic N) is 1. The molecule has 0 saturated heterocycles. The number of rotatable bonds is 0. The topological polar surface area (TPSA) is 93.0 Å². The van der Waals surface area contributed by atoms with Crippen molar-refractivity contribution in [3.63, 3.8) is 0 Å². The summed E-state index contributed by atoms with van der Waals surface area (Å²) in [6, 6.07) is 0. The molecule has 5 N–H and O–H groups in total. The van der Waals surface area contributed by atoms with Gasteiger partial charge in [0.2, 0.25) is 0 Å². The Labute approximate surface area is 50.2 Å². The van der Waals surface area contributed by atoms with E-state index < -0.39 is 0 Å². The Bertz CT molecular complexity index is 26.8. The van der Waals surface area contributed by atoms with Gasteiger partial charge in [-0.25, -0.2) is 0 Å². The predicted octanol–water partition coefficient (Wildman–Crippen LogP) is -1.50. The molecule has 0 rings (SSSR count). The van der Waals surface area contributed by atoms with Gasteiger partial charge in [-0.2, -0.15) is 0 Å². The smallest absolute Gasteiger partial charge is 0.0675 e. The molecule has 0 bridgehead atoms. The zero-order chi connectivity index (χ0) is 4.50. The Hall–Kier alpha value is -0.160. The van der Waals surface area contributed by atoms with Crippen LogP contribution in [0.5, 0.6) is 0 Å². The maximum absolute atomic E-state index is 2.12. The Morgan fingerprint density at radius 2 is 0.750 bits per heavy atom. The van der Waals surface area contributed by atoms with E-state index in [1.54, 1.807) is 0 Å². The number of hydrogen-bond acceptors (Lipinski definition) is 1. The minimum absolute atomic E-state index is 0. The van der Waals surface area contributed by atoms with Crippen molar-refractivity contribution in [2.24, 2.45) is 0 Å². The van der Waals surface area contributed by atoms with E-state index in [0.29, 0.717) is 0 Å². The van der Waals surface area contributed by atoms with Crippen LogP contribution in [-0.2, 0) is 0 Å². The molecule has 0 aliphatic rings. The summed E-state index contributed by atoms with van der Waals surface area (Å²) in [5, 5.41) is 0. The maximum Gasteiger partial charge on any atom is 0.0675 e. The molecule has 56 valence electrons. The van der Waals surface area contributed by atoms with Gasteiger partial charge in [-0.1, -0.05) is 0 Å². The van der Waals surface area contributed by atoms with Crippen molar-refractivity contribution in [1.29, 1.82) is 0 Å². The molecule has 0 amide bonds. The highest BCUT2D eigenvalue weighted by molar-refractivity contribution is 3.87. The van der Waals surface area contributed by atoms with E-state index in [1.165, 1.54) is 0 Å². The van der Waals surface area contributed by atoms with Gasteiger partial charge in [0, 0.05) is 0 Å². The van der Waals surface area contributed by atoms with E-state index in [1.807, 2.05) is 0 Å². The molecule has 0 unspecified atom stereocenters. The first-order valence-corrected chi connectivity index (χ1v) is 1.79. The Morgan fingerprint density at radius 3 is 0.750 bits per heavy atom. The molecule has 0 aromatic rings. The first-order chi connectivity index (χ1) is 2.00. The molecule has 0 saturated carbocycles. The molecular weight excluding hydrogens is 110 g/mol. The minimum atomic E-state index is 0. The monoisotopic (exact) mass is 127 g/mol. The second kappa shape index (κ2) is 6.84. The van der Waals surface area contributed by atoms with E-state index in [-0.39, 0.29) is 16.4 Å². The van der Waals surface area contributed by atoms with Crippen molar-refractivity contribution >= 4 is 0 Å². The van der Waals surface area contributed by atoms with E-state index in [4.69, 9.17) is 0 Å². The highest BCUT2D eigenvalue weighted by atomic mass is 16.0. The second-order valence-electron chi connectivity index (χ2n) is 2.68. The molecule has 0 heterocycles. The molecule has 8 heavy (non-hydrogen) atoms. The van der Waals surface area contributed by atoms with Gasteiger partial charge in [0.1, 0.15) is 0 Å². The quantitative estimate of drug-likeness (QED) is 0.364. The normalized spacial score (nSPS) is 7.50. The van der Waals surface area contributed by atoms with Gasteiger partial charge in [-0.3, -0.25) is 0 Å². The SMILES string of the molecule is C[N+](C)(C)C.O.O.[OH-]. The molecular formula is C4H17NO3. The van der Waals surface area contributed by atoms with Crippen LogP contribution in [0.3, 0.4) is 0 Å². The largest absolute Gasteiger partial charge is 0.870 e. The van der Waals surface area contributed by atoms with Crippen molar-refractivity contribution < 1.29 is 20.9 Å². The highest BCUT2D eigenvalue weighted by Crippen LogP contribution is 1.73. The molecule has 4 nitrogen and oxygen atoms in total. The Morgan fingerprint density at radius 1 is 0.750 bits per heavy atom. The lowest BCUT2D eigenvalue weighted by Crippen LogP contribution is -2.27. The van der Waals surface area contributed by atoms with Crippen LogP contribution in [0.15, 0.2) is 0 Å². The van der Waals surface area contributed by atoms with Gasteiger partial charge in [-0.15, -0.1) is 0 Å². The van der Waals surface area contributed by atoms with Crippen LogP contribution in [0.25, 0.3) is 0 Å². The highest BCUT2D eigenvalue weighted by Gasteiger charge is 1.88. The van der Waals surface area contributed by atoms with Crippen LogP contribution in [0.2, 0.25) is 0 Å². The fourth-order valence-corrected chi connectivity index (χ4v) is 0. The number of quaternary nitrogens is 1. The molecule has 0 atom stereocenters. The molecule has 0 fully saturated rings. The number of hydrogen-bond donors (Lipinski definition) is 0. The van der Waals surface area contributed by atoms with E-state index in [0.717, 1.165) is 4.48 Å². The van der Waals surface area contributed by atoms with Crippen molar-refractivity contribution in [3.05, 3.63) is 0 Å². The van der Waals surface area contributed by atoms with Gasteiger partial charge in [0.25, 0.3) is 0 Å². The maximum atomic E-state index is 2.12. The Balaban J connectivity index is -0.0000000267. The average molecular weight is 127 g/mol. The molecule has 0 spiro atoms. The summed E-state index contributed by atoms with van der Waals surface area (Å²) in [4.78, 5) is 0. The summed E-state index contributed by atoms with van der Waals surface area (Å²) in [6.45, 7) is 0. The molecule has 4 heteroatoms. The summed E-state index contributed by atoms with van der Waals surface area (Å²) in [7, 11) is 8.50. The van der Waals surface area contributed by atoms with E-state index in [2.05, 4.69) is 28.2 Å². The third-order valence-electron chi connectivity index (χ3n) is 0. The van der Waals surface area contributed by atoms with Gasteiger partial charge in [0.05, 0.1) is 28.2 Å². The third-order valence-corrected chi connectivity index (χ3v) is 0. The van der Waals surface area contributed by atoms with Crippen LogP contribution in [0, 0.1) is 0 Å². The van der Waals surface area contributed by atoms with E-state index >= 15 is 0 Å². The molecule has 0 aromatic heterocycles. The fourth-order valence-electron chi connectivity index (χ4n) is 0. The lowest BCUT2D eigenvalue weighted by molar-refractivity contribution is -0.849. The molecule has 0 aromatic carbocycles. The second-order valence-corrected chi connectivity index (χ2v) is 2.68. The molecule has 0 aliphatic heterocycles. The van der Waals surface area contributed by atoms with Crippen LogP contribution >= 0.6 is 0 Å². The summed E-state index contributed by atoms with van der Waals surface area (Å²) in [5.41, 5.74) is 0. The average Bonchev–Trinajstić information content (AvgIpc) is 0.722. The van der Waals surface area contributed by atoms with Gasteiger partial charge >= 0.3 is 0 Å². The third kappa shape index (κ3) is 5340. The van der Waals surface area contributed by atoms with Crippen molar-refractivity contribution in [1.82, 2.24) is 0 Å². The van der Waals surface area contributed by atoms with Crippen LogP contribution in [0.1, 0.15) is 0 Å². The summed E-state index contributed by atoms with van der Waals surface area (Å²) >= 11 is 0. The van der Waals surface area contributed by atoms with Crippen LogP contribution in [0.4, 0.5) is 0 Å². The van der Waals surface area contributed by atoms with Crippen molar-refractivity contribution in [2.45, 2.75) is 0 Å². The Kier molecular flexibility index (Phi) is 21.3. The summed E-state index contributed by atoms with van der Waals surface area (Å²) in [6.07, 6.45) is 0. The lowest BCUT2D eigenvalue weighted by atomic mass is 10.8. The zero-order valence-corrected chi connectivity index (χ0v) is 5.89. The van der Waals surface area contributed by atoms with Crippen molar-refractivity contribution in [2.75, 3.05) is 28.2 Å². The standard InChI is InChI=1S/C4H12N.3H2O/c1-5(2,3)4;;;/h1-4H3;3*1H2/q+1;;;/p-1. The van der Waals surface area contributed by atoms with E-state index in [9.17, 15) is 0 Å².